The lowest BCUT2D eigenvalue weighted by Gasteiger charge is -2.07. The van der Waals surface area contributed by atoms with E-state index in [1.807, 2.05) is 25.1 Å². The summed E-state index contributed by atoms with van der Waals surface area (Å²) in [6, 6.07) is 16.5. The molecule has 0 fully saturated rings. The molecule has 0 saturated carbocycles. The predicted octanol–water partition coefficient (Wildman–Crippen LogP) is 3.64. The van der Waals surface area contributed by atoms with Crippen LogP contribution in [0.5, 0.6) is 0 Å². The Morgan fingerprint density at radius 3 is 2.30 bits per heavy atom. The SMILES string of the molecule is Cc1nc2ccccc2n1-c1ccc(CN)cc1.Cl.Cl. The Morgan fingerprint density at radius 2 is 1.65 bits per heavy atom. The van der Waals surface area contributed by atoms with E-state index in [9.17, 15) is 0 Å². The lowest BCUT2D eigenvalue weighted by atomic mass is 10.2. The van der Waals surface area contributed by atoms with E-state index < -0.39 is 0 Å². The molecule has 20 heavy (non-hydrogen) atoms. The zero-order valence-corrected chi connectivity index (χ0v) is 12.7. The van der Waals surface area contributed by atoms with E-state index in [0.29, 0.717) is 6.54 Å². The molecule has 3 rings (SSSR count). The Morgan fingerprint density at radius 1 is 1.00 bits per heavy atom. The van der Waals surface area contributed by atoms with Crippen molar-refractivity contribution in [3.8, 4) is 5.69 Å². The van der Waals surface area contributed by atoms with E-state index in [0.717, 1.165) is 28.1 Å². The van der Waals surface area contributed by atoms with Gasteiger partial charge in [0.05, 0.1) is 11.0 Å². The molecule has 1 aromatic heterocycles. The zero-order valence-electron chi connectivity index (χ0n) is 11.1. The Balaban J connectivity index is 0.000001000. The molecule has 106 valence electrons. The Kier molecular flexibility index (Phi) is 5.57. The highest BCUT2D eigenvalue weighted by molar-refractivity contribution is 5.85. The number of rotatable bonds is 2. The van der Waals surface area contributed by atoms with Crippen LogP contribution in [0.4, 0.5) is 0 Å². The molecule has 3 aromatic rings. The first-order valence-electron chi connectivity index (χ1n) is 6.03. The van der Waals surface area contributed by atoms with Crippen LogP contribution in [0.15, 0.2) is 48.5 Å². The molecule has 1 heterocycles. The summed E-state index contributed by atoms with van der Waals surface area (Å²) in [5.74, 6) is 0.997. The highest BCUT2D eigenvalue weighted by Gasteiger charge is 2.07. The lowest BCUT2D eigenvalue weighted by molar-refractivity contribution is 0.994. The minimum atomic E-state index is 0. The van der Waals surface area contributed by atoms with E-state index >= 15 is 0 Å². The summed E-state index contributed by atoms with van der Waals surface area (Å²) >= 11 is 0. The highest BCUT2D eigenvalue weighted by Crippen LogP contribution is 2.21. The van der Waals surface area contributed by atoms with Crippen molar-refractivity contribution in [1.29, 1.82) is 0 Å². The van der Waals surface area contributed by atoms with Crippen molar-refractivity contribution in [3.63, 3.8) is 0 Å². The number of nitrogens with zero attached hydrogens (tertiary/aromatic N) is 2. The first-order valence-corrected chi connectivity index (χ1v) is 6.03. The van der Waals surface area contributed by atoms with E-state index in [2.05, 4.69) is 39.9 Å². The van der Waals surface area contributed by atoms with Crippen LogP contribution in [0, 0.1) is 6.92 Å². The molecule has 0 radical (unpaired) electrons. The fraction of sp³-hybridized carbons (Fsp3) is 0.133. The summed E-state index contributed by atoms with van der Waals surface area (Å²) < 4.78 is 2.16. The van der Waals surface area contributed by atoms with Crippen molar-refractivity contribution in [2.45, 2.75) is 13.5 Å². The van der Waals surface area contributed by atoms with Crippen LogP contribution in [0.25, 0.3) is 16.7 Å². The Hall–Kier alpha value is -1.55. The van der Waals surface area contributed by atoms with Crippen molar-refractivity contribution in [1.82, 2.24) is 9.55 Å². The van der Waals surface area contributed by atoms with E-state index in [1.165, 1.54) is 0 Å². The molecule has 0 saturated heterocycles. The van der Waals surface area contributed by atoms with Crippen LogP contribution in [-0.4, -0.2) is 9.55 Å². The second-order valence-electron chi connectivity index (χ2n) is 4.35. The van der Waals surface area contributed by atoms with Gasteiger partial charge >= 0.3 is 0 Å². The van der Waals surface area contributed by atoms with Gasteiger partial charge in [-0.3, -0.25) is 4.57 Å². The molecule has 2 aromatic carbocycles. The Labute approximate surface area is 130 Å². The van der Waals surface area contributed by atoms with Crippen molar-refractivity contribution in [3.05, 3.63) is 59.9 Å². The molecule has 0 atom stereocenters. The van der Waals surface area contributed by atoms with Crippen LogP contribution in [0.2, 0.25) is 0 Å². The predicted molar refractivity (Wildman–Crippen MR) is 88.2 cm³/mol. The van der Waals surface area contributed by atoms with Crippen LogP contribution in [-0.2, 0) is 6.54 Å². The molecule has 0 unspecified atom stereocenters. The van der Waals surface area contributed by atoms with Gasteiger partial charge < -0.3 is 5.73 Å². The maximum Gasteiger partial charge on any atom is 0.111 e. The molecule has 2 N–H and O–H groups in total. The summed E-state index contributed by atoms with van der Waals surface area (Å²) in [7, 11) is 0. The van der Waals surface area contributed by atoms with Gasteiger partial charge in [0, 0.05) is 12.2 Å². The summed E-state index contributed by atoms with van der Waals surface area (Å²) in [5.41, 5.74) is 10.0. The van der Waals surface area contributed by atoms with E-state index in [4.69, 9.17) is 5.73 Å². The van der Waals surface area contributed by atoms with Crippen LogP contribution >= 0.6 is 24.8 Å². The lowest BCUT2D eigenvalue weighted by Crippen LogP contribution is -1.99. The number of imidazole rings is 1. The van der Waals surface area contributed by atoms with Crippen molar-refractivity contribution in [2.24, 2.45) is 5.73 Å². The van der Waals surface area contributed by atoms with E-state index in [-0.39, 0.29) is 24.8 Å². The molecule has 0 spiro atoms. The average Bonchev–Trinajstić information content (AvgIpc) is 2.75. The van der Waals surface area contributed by atoms with Gasteiger partial charge in [0.1, 0.15) is 5.82 Å². The molecular weight excluding hydrogens is 293 g/mol. The van der Waals surface area contributed by atoms with Gasteiger partial charge in [0.2, 0.25) is 0 Å². The molecular formula is C15H17Cl2N3. The smallest absolute Gasteiger partial charge is 0.111 e. The van der Waals surface area contributed by atoms with Crippen LogP contribution in [0.1, 0.15) is 11.4 Å². The summed E-state index contributed by atoms with van der Waals surface area (Å²) in [6.07, 6.45) is 0. The zero-order chi connectivity index (χ0) is 12.5. The minimum absolute atomic E-state index is 0. The first-order chi connectivity index (χ1) is 8.79. The highest BCUT2D eigenvalue weighted by atomic mass is 35.5. The third kappa shape index (κ3) is 2.80. The third-order valence-electron chi connectivity index (χ3n) is 3.16. The maximum atomic E-state index is 5.62. The van der Waals surface area contributed by atoms with Gasteiger partial charge in [0.25, 0.3) is 0 Å². The first kappa shape index (κ1) is 16.5. The third-order valence-corrected chi connectivity index (χ3v) is 3.16. The second-order valence-corrected chi connectivity index (χ2v) is 4.35. The number of hydrogen-bond acceptors (Lipinski definition) is 2. The molecule has 3 nitrogen and oxygen atoms in total. The molecule has 0 aliphatic carbocycles. The fourth-order valence-electron chi connectivity index (χ4n) is 2.25. The van der Waals surface area contributed by atoms with Crippen molar-refractivity contribution in [2.75, 3.05) is 0 Å². The molecule has 0 bridgehead atoms. The normalized spacial score (nSPS) is 9.90. The standard InChI is InChI=1S/C15H15N3.2ClH/c1-11-17-14-4-2-3-5-15(14)18(11)13-8-6-12(10-16)7-9-13;;/h2-9H,10,16H2,1H3;2*1H. The van der Waals surface area contributed by atoms with Gasteiger partial charge in [-0.2, -0.15) is 0 Å². The fourth-order valence-corrected chi connectivity index (χ4v) is 2.25. The minimum Gasteiger partial charge on any atom is -0.326 e. The van der Waals surface area contributed by atoms with Crippen LogP contribution < -0.4 is 5.73 Å². The van der Waals surface area contributed by atoms with Gasteiger partial charge in [-0.1, -0.05) is 24.3 Å². The number of aryl methyl sites for hydroxylation is 1. The topological polar surface area (TPSA) is 43.8 Å². The maximum absolute atomic E-state index is 5.62. The molecule has 0 aliphatic heterocycles. The number of nitrogens with two attached hydrogens (primary N) is 1. The number of para-hydroxylation sites is 2. The van der Waals surface area contributed by atoms with Gasteiger partial charge in [-0.15, -0.1) is 24.8 Å². The molecule has 0 amide bonds. The number of hydrogen-bond donors (Lipinski definition) is 1. The quantitative estimate of drug-likeness (QED) is 0.785. The largest absolute Gasteiger partial charge is 0.326 e. The van der Waals surface area contributed by atoms with Crippen LogP contribution in [0.3, 0.4) is 0 Å². The second kappa shape index (κ2) is 6.75. The van der Waals surface area contributed by atoms with E-state index in [1.54, 1.807) is 0 Å². The molecule has 0 aliphatic rings. The number of aromatic nitrogens is 2. The number of halogens is 2. The summed E-state index contributed by atoms with van der Waals surface area (Å²) in [4.78, 5) is 4.57. The van der Waals surface area contributed by atoms with Crippen molar-refractivity contribution >= 4 is 35.8 Å². The average molecular weight is 310 g/mol. The number of fused-ring (bicyclic) bond motifs is 1. The van der Waals surface area contributed by atoms with Gasteiger partial charge in [-0.05, 0) is 36.8 Å². The van der Waals surface area contributed by atoms with Gasteiger partial charge in [0.15, 0.2) is 0 Å². The summed E-state index contributed by atoms with van der Waals surface area (Å²) in [5, 5.41) is 0. The Bertz CT molecular complexity index is 690. The van der Waals surface area contributed by atoms with Gasteiger partial charge in [-0.25, -0.2) is 4.98 Å². The summed E-state index contributed by atoms with van der Waals surface area (Å²) in [6.45, 7) is 2.60. The monoisotopic (exact) mass is 309 g/mol. The van der Waals surface area contributed by atoms with Crippen molar-refractivity contribution < 1.29 is 0 Å². The number of benzene rings is 2. The molecule has 5 heteroatoms.